The molecule has 39 heavy (non-hydrogen) atoms. The fraction of sp³-hybridized carbons (Fsp3) is 0.125. The van der Waals surface area contributed by atoms with Gasteiger partial charge < -0.3 is 20.3 Å². The molecule has 1 aliphatic heterocycles. The van der Waals surface area contributed by atoms with Crippen molar-refractivity contribution in [2.24, 2.45) is 0 Å². The molecule has 0 spiro atoms. The third kappa shape index (κ3) is 5.33. The Hall–Kier alpha value is -5.04. The van der Waals surface area contributed by atoms with E-state index in [1.807, 2.05) is 49.4 Å². The van der Waals surface area contributed by atoms with E-state index in [4.69, 9.17) is 4.74 Å². The van der Waals surface area contributed by atoms with E-state index >= 15 is 0 Å². The largest absolute Gasteiger partial charge is 0.508 e. The molecule has 1 amide bonds. The van der Waals surface area contributed by atoms with Gasteiger partial charge in [-0.3, -0.25) is 14.5 Å². The number of Topliss-reactive ketones (excluding diaryl/α,β-unsaturated/α-hetero) is 1. The molecule has 4 aromatic rings. The number of amides is 1. The highest BCUT2D eigenvalue weighted by Crippen LogP contribution is 2.42. The average molecular weight is 521 g/mol. The topological polar surface area (TPSA) is 99.1 Å². The van der Waals surface area contributed by atoms with Crippen molar-refractivity contribution in [3.05, 3.63) is 120 Å². The maximum Gasteiger partial charge on any atom is 0.300 e. The number of hydrogen-bond donors (Lipinski definition) is 3. The Bertz CT molecular complexity index is 1500. The van der Waals surface area contributed by atoms with Crippen molar-refractivity contribution in [3.8, 4) is 11.5 Å². The monoisotopic (exact) mass is 520 g/mol. The number of carbonyl (C=O) groups excluding carboxylic acids is 2. The molecule has 0 saturated carbocycles. The van der Waals surface area contributed by atoms with Crippen LogP contribution in [0.25, 0.3) is 5.76 Å². The Morgan fingerprint density at radius 2 is 1.49 bits per heavy atom. The fourth-order valence-electron chi connectivity index (χ4n) is 4.55. The summed E-state index contributed by atoms with van der Waals surface area (Å²) in [4.78, 5) is 28.2. The molecule has 1 heterocycles. The van der Waals surface area contributed by atoms with Crippen molar-refractivity contribution < 1.29 is 24.5 Å². The summed E-state index contributed by atoms with van der Waals surface area (Å²) < 4.78 is 5.62. The first kappa shape index (κ1) is 25.6. The molecule has 0 aromatic heterocycles. The number of nitrogens with zero attached hydrogens (tertiary/aromatic N) is 1. The third-order valence-electron chi connectivity index (χ3n) is 6.46. The number of phenolic OH excluding ortho intramolecular Hbond substituents is 1. The van der Waals surface area contributed by atoms with Crippen LogP contribution in [0.1, 0.15) is 30.5 Å². The smallest absolute Gasteiger partial charge is 0.300 e. The van der Waals surface area contributed by atoms with Crippen molar-refractivity contribution in [2.75, 3.05) is 16.8 Å². The van der Waals surface area contributed by atoms with Gasteiger partial charge in [0.1, 0.15) is 17.3 Å². The van der Waals surface area contributed by atoms with Crippen LogP contribution in [0.15, 0.2) is 109 Å². The number of nitrogens with one attached hydrogen (secondary N) is 1. The first-order chi connectivity index (χ1) is 19.0. The zero-order valence-electron chi connectivity index (χ0n) is 21.4. The minimum absolute atomic E-state index is 0.0283. The number of phenols is 1. The van der Waals surface area contributed by atoms with Gasteiger partial charge >= 0.3 is 0 Å². The second kappa shape index (κ2) is 11.1. The predicted octanol–water partition coefficient (Wildman–Crippen LogP) is 6.55. The first-order valence-corrected chi connectivity index (χ1v) is 12.7. The molecule has 4 aromatic carbocycles. The van der Waals surface area contributed by atoms with Crippen LogP contribution in [0.3, 0.4) is 0 Å². The lowest BCUT2D eigenvalue weighted by atomic mass is 9.95. The second-order valence-electron chi connectivity index (χ2n) is 9.17. The molecule has 1 fully saturated rings. The number of hydrogen-bond acceptors (Lipinski definition) is 6. The molecule has 7 heteroatoms. The van der Waals surface area contributed by atoms with Gasteiger partial charge in [0.25, 0.3) is 11.7 Å². The number of aliphatic hydroxyl groups excluding tert-OH is 1. The number of ketones is 1. The van der Waals surface area contributed by atoms with Crippen molar-refractivity contribution in [1.29, 1.82) is 0 Å². The highest BCUT2D eigenvalue weighted by atomic mass is 16.5. The summed E-state index contributed by atoms with van der Waals surface area (Å²) in [5.74, 6) is -1.12. The molecule has 196 valence electrons. The molecule has 5 rings (SSSR count). The molecule has 1 saturated heterocycles. The molecule has 0 radical (unpaired) electrons. The Labute approximate surface area is 226 Å². The Morgan fingerprint density at radius 3 is 2.13 bits per heavy atom. The summed E-state index contributed by atoms with van der Waals surface area (Å²) in [5.41, 5.74) is 3.16. The number of para-hydroxylation sites is 1. The van der Waals surface area contributed by atoms with Crippen molar-refractivity contribution in [1.82, 2.24) is 0 Å². The summed E-state index contributed by atoms with van der Waals surface area (Å²) in [6.45, 7) is 2.58. The molecule has 7 nitrogen and oxygen atoms in total. The third-order valence-corrected chi connectivity index (χ3v) is 6.46. The Morgan fingerprint density at radius 1 is 0.846 bits per heavy atom. The van der Waals surface area contributed by atoms with E-state index in [1.165, 1.54) is 17.0 Å². The zero-order chi connectivity index (χ0) is 27.4. The molecular weight excluding hydrogens is 492 g/mol. The van der Waals surface area contributed by atoms with Crippen LogP contribution in [-0.2, 0) is 9.59 Å². The zero-order valence-corrected chi connectivity index (χ0v) is 21.4. The van der Waals surface area contributed by atoms with Crippen LogP contribution in [0.4, 0.5) is 17.1 Å². The number of aromatic hydroxyl groups is 1. The van der Waals surface area contributed by atoms with Crippen LogP contribution < -0.4 is 15.0 Å². The maximum absolute atomic E-state index is 13.4. The van der Waals surface area contributed by atoms with Gasteiger partial charge in [0.2, 0.25) is 0 Å². The van der Waals surface area contributed by atoms with E-state index in [9.17, 15) is 19.8 Å². The normalized spacial score (nSPS) is 16.3. The molecule has 1 unspecified atom stereocenters. The van der Waals surface area contributed by atoms with Crippen molar-refractivity contribution >= 4 is 34.5 Å². The van der Waals surface area contributed by atoms with Gasteiger partial charge in [-0.25, -0.2) is 0 Å². The molecule has 3 N–H and O–H groups in total. The Balaban J connectivity index is 1.54. The van der Waals surface area contributed by atoms with E-state index in [2.05, 4.69) is 5.32 Å². The first-order valence-electron chi connectivity index (χ1n) is 12.7. The van der Waals surface area contributed by atoms with Crippen molar-refractivity contribution in [2.45, 2.75) is 19.4 Å². The lowest BCUT2D eigenvalue weighted by Crippen LogP contribution is -2.29. The summed E-state index contributed by atoms with van der Waals surface area (Å²) in [6, 6.07) is 28.9. The summed E-state index contributed by atoms with van der Waals surface area (Å²) in [5, 5.41) is 24.5. The molecule has 0 aliphatic carbocycles. The minimum Gasteiger partial charge on any atom is -0.508 e. The summed E-state index contributed by atoms with van der Waals surface area (Å²) >= 11 is 0. The molecule has 0 bridgehead atoms. The van der Waals surface area contributed by atoms with Crippen LogP contribution in [-0.4, -0.2) is 28.5 Å². The van der Waals surface area contributed by atoms with Gasteiger partial charge in [-0.1, -0.05) is 37.3 Å². The lowest BCUT2D eigenvalue weighted by molar-refractivity contribution is -0.132. The van der Waals surface area contributed by atoms with Crippen molar-refractivity contribution in [3.63, 3.8) is 0 Å². The fourth-order valence-corrected chi connectivity index (χ4v) is 4.55. The maximum atomic E-state index is 13.4. The molecular formula is C32H28N2O5. The number of aliphatic hydroxyl groups is 1. The average Bonchev–Trinajstić information content (AvgIpc) is 3.23. The van der Waals surface area contributed by atoms with Gasteiger partial charge in [-0.05, 0) is 84.8 Å². The van der Waals surface area contributed by atoms with Gasteiger partial charge in [0.05, 0.1) is 18.2 Å². The number of benzene rings is 4. The van der Waals surface area contributed by atoms with Crippen LogP contribution in [0, 0.1) is 0 Å². The highest BCUT2D eigenvalue weighted by molar-refractivity contribution is 6.51. The van der Waals surface area contributed by atoms with E-state index in [-0.39, 0.29) is 17.1 Å². The van der Waals surface area contributed by atoms with Crippen LogP contribution in [0.5, 0.6) is 11.5 Å². The SMILES string of the molecule is CCCOc1ccc(/C(O)=C2\C(=O)C(=O)N(c3ccc(Nc4ccccc4)cc3)C2c2ccc(O)cc2)cc1. The number of rotatable bonds is 8. The molecule has 1 atom stereocenters. The van der Waals surface area contributed by atoms with E-state index < -0.39 is 17.7 Å². The van der Waals surface area contributed by atoms with E-state index in [0.29, 0.717) is 29.2 Å². The van der Waals surface area contributed by atoms with Gasteiger partial charge in [-0.15, -0.1) is 0 Å². The van der Waals surface area contributed by atoms with E-state index in [0.717, 1.165) is 17.8 Å². The lowest BCUT2D eigenvalue weighted by Gasteiger charge is -2.25. The standard InChI is InChI=1S/C32H28N2O5/c1-2-20-39-27-18-10-22(11-19-27)30(36)28-29(21-8-16-26(35)17-9-21)34(32(38)31(28)37)25-14-12-24(13-15-25)33-23-6-4-3-5-7-23/h3-19,29,33,35-36H,2,20H2,1H3/b30-28+. The molecule has 1 aliphatic rings. The van der Waals surface area contributed by atoms with E-state index in [1.54, 1.807) is 48.5 Å². The number of ether oxygens (including phenoxy) is 1. The number of anilines is 3. The summed E-state index contributed by atoms with van der Waals surface area (Å²) in [6.07, 6.45) is 0.862. The summed E-state index contributed by atoms with van der Waals surface area (Å²) in [7, 11) is 0. The minimum atomic E-state index is -0.894. The number of carbonyl (C=O) groups is 2. The van der Waals surface area contributed by atoms with Crippen LogP contribution in [0.2, 0.25) is 0 Å². The van der Waals surface area contributed by atoms with Crippen LogP contribution >= 0.6 is 0 Å². The highest BCUT2D eigenvalue weighted by Gasteiger charge is 2.47. The van der Waals surface area contributed by atoms with Gasteiger partial charge in [0.15, 0.2) is 0 Å². The Kier molecular flexibility index (Phi) is 7.32. The van der Waals surface area contributed by atoms with Gasteiger partial charge in [-0.2, -0.15) is 0 Å². The predicted molar refractivity (Wildman–Crippen MR) is 151 cm³/mol. The quantitative estimate of drug-likeness (QED) is 0.138. The van der Waals surface area contributed by atoms with Gasteiger partial charge in [0, 0.05) is 22.6 Å². The second-order valence-corrected chi connectivity index (χ2v) is 9.17.